The molecule has 0 saturated heterocycles. The van der Waals surface area contributed by atoms with Gasteiger partial charge in [-0.2, -0.15) is 0 Å². The highest BCUT2D eigenvalue weighted by Crippen LogP contribution is 2.11. The minimum Gasteiger partial charge on any atom is -0.497 e. The van der Waals surface area contributed by atoms with E-state index in [2.05, 4.69) is 5.32 Å². The van der Waals surface area contributed by atoms with E-state index in [0.29, 0.717) is 18.1 Å². The highest BCUT2D eigenvalue weighted by molar-refractivity contribution is 6.30. The van der Waals surface area contributed by atoms with Crippen LogP contribution in [0.5, 0.6) is 5.75 Å². The van der Waals surface area contributed by atoms with Gasteiger partial charge in [-0.05, 0) is 42.0 Å². The van der Waals surface area contributed by atoms with Crippen molar-refractivity contribution in [1.82, 2.24) is 5.32 Å². The Labute approximate surface area is 142 Å². The second-order valence-corrected chi connectivity index (χ2v) is 6.00. The summed E-state index contributed by atoms with van der Waals surface area (Å²) in [4.78, 5) is 13.1. The van der Waals surface area contributed by atoms with Gasteiger partial charge in [0.2, 0.25) is 0 Å². The van der Waals surface area contributed by atoms with E-state index in [0.717, 1.165) is 22.8 Å². The van der Waals surface area contributed by atoms with Crippen LogP contribution in [0.4, 0.5) is 0 Å². The molecule has 1 amide bonds. The Morgan fingerprint density at radius 3 is 2.57 bits per heavy atom. The number of hydrogen-bond donors (Lipinski definition) is 2. The van der Waals surface area contributed by atoms with E-state index in [4.69, 9.17) is 16.3 Å². The molecule has 2 N–H and O–H groups in total. The maximum atomic E-state index is 12.0. The molecule has 2 aromatic rings. The van der Waals surface area contributed by atoms with Crippen LogP contribution < -0.4 is 15.0 Å². The predicted molar refractivity (Wildman–Crippen MR) is 91.8 cm³/mol. The summed E-state index contributed by atoms with van der Waals surface area (Å²) in [6.45, 7) is 1.70. The number of halogens is 1. The fourth-order valence-corrected chi connectivity index (χ4v) is 2.55. The zero-order valence-corrected chi connectivity index (χ0v) is 14.2. The first-order valence-electron chi connectivity index (χ1n) is 7.52. The van der Waals surface area contributed by atoms with E-state index >= 15 is 0 Å². The molecule has 2 rings (SSSR count). The number of hydrogen-bond acceptors (Lipinski definition) is 2. The molecule has 0 aliphatic carbocycles. The monoisotopic (exact) mass is 333 g/mol. The maximum Gasteiger partial charge on any atom is 0.275 e. The molecule has 0 radical (unpaired) electrons. The predicted octanol–water partition coefficient (Wildman–Crippen LogP) is 1.68. The van der Waals surface area contributed by atoms with Gasteiger partial charge >= 0.3 is 0 Å². The highest BCUT2D eigenvalue weighted by atomic mass is 35.5. The van der Waals surface area contributed by atoms with Gasteiger partial charge in [0, 0.05) is 17.1 Å². The van der Waals surface area contributed by atoms with Crippen LogP contribution in [-0.4, -0.2) is 26.6 Å². The highest BCUT2D eigenvalue weighted by Gasteiger charge is 2.10. The number of rotatable bonds is 7. The van der Waals surface area contributed by atoms with Crippen molar-refractivity contribution >= 4 is 17.5 Å². The zero-order chi connectivity index (χ0) is 16.7. The molecule has 5 heteroatoms. The van der Waals surface area contributed by atoms with Crippen molar-refractivity contribution in [2.24, 2.45) is 0 Å². The molecule has 1 atom stereocenters. The van der Waals surface area contributed by atoms with Crippen LogP contribution in [0.3, 0.4) is 0 Å². The number of carbonyl (C=O) groups excluding carboxylic acids is 1. The third-order valence-electron chi connectivity index (χ3n) is 3.51. The molecule has 4 nitrogen and oxygen atoms in total. The molecule has 0 aliphatic rings. The van der Waals surface area contributed by atoms with E-state index in [9.17, 15) is 4.79 Å². The molecule has 0 aromatic heterocycles. The van der Waals surface area contributed by atoms with Gasteiger partial charge < -0.3 is 15.0 Å². The number of amides is 1. The quantitative estimate of drug-likeness (QED) is 0.809. The largest absolute Gasteiger partial charge is 0.497 e. The lowest BCUT2D eigenvalue weighted by molar-refractivity contribution is -0.885. The molecule has 0 saturated carbocycles. The molecule has 0 bridgehead atoms. The van der Waals surface area contributed by atoms with Crippen molar-refractivity contribution in [1.29, 1.82) is 0 Å². The van der Waals surface area contributed by atoms with Gasteiger partial charge in [-0.15, -0.1) is 0 Å². The second kappa shape index (κ2) is 8.56. The van der Waals surface area contributed by atoms with Gasteiger partial charge in [0.05, 0.1) is 14.2 Å². The smallest absolute Gasteiger partial charge is 0.275 e. The van der Waals surface area contributed by atoms with Crippen molar-refractivity contribution < 1.29 is 14.4 Å². The second-order valence-electron chi connectivity index (χ2n) is 5.57. The van der Waals surface area contributed by atoms with Crippen molar-refractivity contribution in [2.75, 3.05) is 20.7 Å². The average Bonchev–Trinajstić information content (AvgIpc) is 2.53. The molecule has 1 unspecified atom stereocenters. The summed E-state index contributed by atoms with van der Waals surface area (Å²) >= 11 is 5.93. The van der Waals surface area contributed by atoms with E-state index in [1.54, 1.807) is 7.11 Å². The van der Waals surface area contributed by atoms with Crippen LogP contribution in [-0.2, 0) is 17.9 Å². The first kappa shape index (κ1) is 17.3. The van der Waals surface area contributed by atoms with Gasteiger partial charge in [0.15, 0.2) is 6.54 Å². The van der Waals surface area contributed by atoms with Gasteiger partial charge in [0.25, 0.3) is 5.91 Å². The van der Waals surface area contributed by atoms with E-state index in [1.807, 2.05) is 55.6 Å². The van der Waals surface area contributed by atoms with Crippen LogP contribution in [0.15, 0.2) is 48.5 Å². The van der Waals surface area contributed by atoms with E-state index in [1.165, 1.54) is 5.56 Å². The Hall–Kier alpha value is -2.04. The van der Waals surface area contributed by atoms with Gasteiger partial charge in [0.1, 0.15) is 12.3 Å². The molecule has 0 aliphatic heterocycles. The van der Waals surface area contributed by atoms with Crippen molar-refractivity contribution in [3.63, 3.8) is 0 Å². The Morgan fingerprint density at radius 2 is 1.91 bits per heavy atom. The Kier molecular flexibility index (Phi) is 6.44. The zero-order valence-electron chi connectivity index (χ0n) is 13.4. The molecular weight excluding hydrogens is 312 g/mol. The Bertz CT molecular complexity index is 644. The number of carbonyl (C=O) groups is 1. The standard InChI is InChI=1S/C18H21ClN2O2/c1-21(12-14-6-8-17(23-2)9-7-14)13-18(22)20-11-15-4-3-5-16(19)10-15/h3-10H,11-13H2,1-2H3,(H,20,22)/p+1. The lowest BCUT2D eigenvalue weighted by Gasteiger charge is -2.14. The Balaban J connectivity index is 1.77. The van der Waals surface area contributed by atoms with Crippen molar-refractivity contribution in [3.05, 3.63) is 64.7 Å². The van der Waals surface area contributed by atoms with Crippen LogP contribution in [0.25, 0.3) is 0 Å². The summed E-state index contributed by atoms with van der Waals surface area (Å²) in [5.74, 6) is 0.863. The third kappa shape index (κ3) is 5.93. The normalized spacial score (nSPS) is 11.8. The summed E-state index contributed by atoms with van der Waals surface area (Å²) < 4.78 is 5.14. The fraction of sp³-hybridized carbons (Fsp3) is 0.278. The average molecular weight is 334 g/mol. The van der Waals surface area contributed by atoms with Crippen LogP contribution in [0.1, 0.15) is 11.1 Å². The summed E-state index contributed by atoms with van der Waals surface area (Å²) in [5.41, 5.74) is 2.17. The summed E-state index contributed by atoms with van der Waals surface area (Å²) in [6.07, 6.45) is 0. The summed E-state index contributed by atoms with van der Waals surface area (Å²) in [6, 6.07) is 15.4. The lowest BCUT2D eigenvalue weighted by Crippen LogP contribution is -3.08. The molecule has 23 heavy (non-hydrogen) atoms. The number of ether oxygens (including phenoxy) is 1. The molecule has 0 spiro atoms. The SMILES string of the molecule is COc1ccc(C[NH+](C)CC(=O)NCc2cccc(Cl)c2)cc1. The molecule has 0 heterocycles. The van der Waals surface area contributed by atoms with Crippen molar-refractivity contribution in [2.45, 2.75) is 13.1 Å². The summed E-state index contributed by atoms with van der Waals surface area (Å²) in [7, 11) is 3.65. The van der Waals surface area contributed by atoms with Gasteiger partial charge in [-0.25, -0.2) is 0 Å². The van der Waals surface area contributed by atoms with E-state index in [-0.39, 0.29) is 5.91 Å². The van der Waals surface area contributed by atoms with Gasteiger partial charge in [-0.3, -0.25) is 4.79 Å². The number of benzene rings is 2. The minimum absolute atomic E-state index is 0.0241. The number of likely N-dealkylation sites (N-methyl/N-ethyl adjacent to an activating group) is 1. The van der Waals surface area contributed by atoms with Crippen LogP contribution >= 0.6 is 11.6 Å². The molecule has 0 fully saturated rings. The maximum absolute atomic E-state index is 12.0. The van der Waals surface area contributed by atoms with Crippen molar-refractivity contribution in [3.8, 4) is 5.75 Å². The van der Waals surface area contributed by atoms with Gasteiger partial charge in [-0.1, -0.05) is 23.7 Å². The molecule has 122 valence electrons. The first-order valence-corrected chi connectivity index (χ1v) is 7.90. The number of nitrogens with one attached hydrogen (secondary N) is 2. The third-order valence-corrected chi connectivity index (χ3v) is 3.74. The van der Waals surface area contributed by atoms with E-state index < -0.39 is 0 Å². The lowest BCUT2D eigenvalue weighted by atomic mass is 10.2. The molecule has 2 aromatic carbocycles. The topological polar surface area (TPSA) is 42.8 Å². The molecular formula is C18H22ClN2O2+. The number of quaternary nitrogens is 1. The minimum atomic E-state index is 0.0241. The van der Waals surface area contributed by atoms with Crippen LogP contribution in [0.2, 0.25) is 5.02 Å². The Morgan fingerprint density at radius 1 is 1.17 bits per heavy atom. The fourth-order valence-electron chi connectivity index (χ4n) is 2.34. The number of methoxy groups -OCH3 is 1. The van der Waals surface area contributed by atoms with Crippen LogP contribution in [0, 0.1) is 0 Å². The first-order chi connectivity index (χ1) is 11.1. The summed E-state index contributed by atoms with van der Waals surface area (Å²) in [5, 5.41) is 3.60.